The third kappa shape index (κ3) is 9.09. The van der Waals surface area contributed by atoms with Crippen molar-refractivity contribution in [2.45, 2.75) is 57.8 Å². The largest absolute Gasteiger partial charge is 0.500 e. The van der Waals surface area contributed by atoms with E-state index in [1.807, 2.05) is 36.5 Å². The topological polar surface area (TPSA) is 38.9 Å². The second-order valence-electron chi connectivity index (χ2n) is 14.8. The van der Waals surface area contributed by atoms with Gasteiger partial charge in [-0.3, -0.25) is 0 Å². The van der Waals surface area contributed by atoms with Crippen molar-refractivity contribution in [3.8, 4) is 33.6 Å². The van der Waals surface area contributed by atoms with Gasteiger partial charge in [0, 0.05) is 31.7 Å². The molecule has 3 nitrogen and oxygen atoms in total. The molecule has 7 rings (SSSR count). The van der Waals surface area contributed by atoms with Crippen LogP contribution in [0.4, 0.5) is 0 Å². The van der Waals surface area contributed by atoms with Crippen LogP contribution in [-0.2, 0) is 32.9 Å². The molecule has 257 valence electrons. The number of nitrogens with zero attached hydrogens (tertiary/aromatic N) is 2. The SMILES string of the molecule is CC(C)Cc1cc(-c2[c-]cccc2)nc[c]1[Ge]([CH3])([CH3])[CH3].CC(C)Cc1ccnc(-c2[c-]cc3oc4cc(-c5ccccc5)ccc4c3c2)c1.[Ir]. The molecule has 5 heteroatoms. The summed E-state index contributed by atoms with van der Waals surface area (Å²) in [7, 11) is 0. The number of fused-ring (bicyclic) bond motifs is 3. The van der Waals surface area contributed by atoms with Gasteiger partial charge in [-0.1, -0.05) is 73.3 Å². The number of pyridine rings is 2. The Labute approximate surface area is 314 Å². The van der Waals surface area contributed by atoms with Crippen molar-refractivity contribution in [1.82, 2.24) is 9.97 Å². The Bertz CT molecular complexity index is 2170. The summed E-state index contributed by atoms with van der Waals surface area (Å²) in [5, 5.41) is 2.22. The average molecular weight is 896 g/mol. The van der Waals surface area contributed by atoms with Crippen LogP contribution in [0.5, 0.6) is 0 Å². The molecule has 0 amide bonds. The second-order valence-corrected chi connectivity index (χ2v) is 25.4. The van der Waals surface area contributed by atoms with Crippen molar-refractivity contribution in [3.63, 3.8) is 0 Å². The van der Waals surface area contributed by atoms with Crippen LogP contribution in [0, 0.1) is 24.0 Å². The Morgan fingerprint density at radius 2 is 1.40 bits per heavy atom. The Hall–Kier alpha value is -3.83. The molecule has 7 aromatic rings. The Balaban J connectivity index is 0.000000204. The summed E-state index contributed by atoms with van der Waals surface area (Å²) in [4.78, 5) is 9.28. The van der Waals surface area contributed by atoms with E-state index in [0.29, 0.717) is 11.8 Å². The van der Waals surface area contributed by atoms with E-state index in [-0.39, 0.29) is 20.1 Å². The summed E-state index contributed by atoms with van der Waals surface area (Å²) in [6, 6.07) is 42.2. The standard InChI is InChI=1S/C27H22NO.C18H24GeN.Ir/c1-18(2)14-19-12-13-28-25(15-19)22-9-11-26-24(16-22)23-10-8-21(17-27(23)29-26)20-6-4-3-5-7-20;1-14(2)11-16-12-18(15-9-7-6-8-10-15)20-13-17(16)19(3,4)5;/h3-8,10-13,15-18H,14H2,1-2H3;6-9,12-14H,11H2,1-5H3;/q2*-1;. The summed E-state index contributed by atoms with van der Waals surface area (Å²) >= 11 is -1.86. The molecule has 0 aliphatic heterocycles. The van der Waals surface area contributed by atoms with Crippen molar-refractivity contribution >= 4 is 39.6 Å². The fourth-order valence-corrected chi connectivity index (χ4v) is 9.71. The molecule has 0 N–H and O–H groups in total. The van der Waals surface area contributed by atoms with Crippen molar-refractivity contribution in [1.29, 1.82) is 0 Å². The molecular weight excluding hydrogens is 849 g/mol. The summed E-state index contributed by atoms with van der Waals surface area (Å²) in [5.74, 6) is 8.61. The van der Waals surface area contributed by atoms with Crippen LogP contribution in [0.15, 0.2) is 120 Å². The van der Waals surface area contributed by atoms with Crippen LogP contribution in [0.25, 0.3) is 55.6 Å². The summed E-state index contributed by atoms with van der Waals surface area (Å²) in [6.07, 6.45) is 6.22. The van der Waals surface area contributed by atoms with Gasteiger partial charge in [-0.15, -0.1) is 23.8 Å². The normalized spacial score (nSPS) is 11.5. The number of hydrogen-bond acceptors (Lipinski definition) is 3. The predicted octanol–water partition coefficient (Wildman–Crippen LogP) is 11.6. The van der Waals surface area contributed by atoms with E-state index in [1.165, 1.54) is 16.7 Å². The molecule has 1 radical (unpaired) electrons. The van der Waals surface area contributed by atoms with Crippen molar-refractivity contribution in [2.75, 3.05) is 0 Å². The minimum Gasteiger partial charge on any atom is -0.500 e. The van der Waals surface area contributed by atoms with Gasteiger partial charge in [-0.05, 0) is 41.3 Å². The molecule has 3 heterocycles. The average Bonchev–Trinajstić information content (AvgIpc) is 3.46. The zero-order chi connectivity index (χ0) is 34.5. The third-order valence-electron chi connectivity index (χ3n) is 8.67. The first-order valence-corrected chi connectivity index (χ1v) is 24.7. The molecule has 50 heavy (non-hydrogen) atoms. The number of furan rings is 1. The first-order valence-electron chi connectivity index (χ1n) is 17.4. The number of rotatable bonds is 8. The molecule has 0 unspecified atom stereocenters. The summed E-state index contributed by atoms with van der Waals surface area (Å²) in [6.45, 7) is 9.04. The van der Waals surface area contributed by atoms with Gasteiger partial charge >= 0.3 is 126 Å². The van der Waals surface area contributed by atoms with Gasteiger partial charge in [0.1, 0.15) is 5.58 Å². The maximum atomic E-state index is 6.13. The van der Waals surface area contributed by atoms with Crippen LogP contribution in [-0.4, -0.2) is 23.2 Å². The molecule has 0 bridgehead atoms. The smallest absolute Gasteiger partial charge is 0.121 e. The van der Waals surface area contributed by atoms with E-state index < -0.39 is 13.3 Å². The zero-order valence-corrected chi connectivity index (χ0v) is 34.7. The molecular formula is C45H46GeIrN2O-2. The maximum Gasteiger partial charge on any atom is 0.121 e. The minimum atomic E-state index is -1.86. The Morgan fingerprint density at radius 1 is 0.660 bits per heavy atom. The maximum absolute atomic E-state index is 6.13. The van der Waals surface area contributed by atoms with E-state index in [1.54, 1.807) is 4.40 Å². The molecule has 0 aliphatic carbocycles. The van der Waals surface area contributed by atoms with Crippen molar-refractivity contribution in [2.24, 2.45) is 11.8 Å². The number of hydrogen-bond donors (Lipinski definition) is 0. The van der Waals surface area contributed by atoms with Gasteiger partial charge in [0.05, 0.1) is 5.58 Å². The first kappa shape index (κ1) is 37.4. The van der Waals surface area contributed by atoms with Crippen LogP contribution in [0.2, 0.25) is 17.3 Å². The van der Waals surface area contributed by atoms with Gasteiger partial charge in [0.25, 0.3) is 0 Å². The van der Waals surface area contributed by atoms with Crippen LogP contribution >= 0.6 is 0 Å². The fourth-order valence-electron chi connectivity index (χ4n) is 6.38. The number of aromatic nitrogens is 2. The van der Waals surface area contributed by atoms with Crippen LogP contribution in [0.3, 0.4) is 0 Å². The molecule has 3 aromatic heterocycles. The predicted molar refractivity (Wildman–Crippen MR) is 210 cm³/mol. The molecule has 0 saturated heterocycles. The van der Waals surface area contributed by atoms with Gasteiger partial charge in [-0.2, -0.15) is 0 Å². The van der Waals surface area contributed by atoms with E-state index in [0.717, 1.165) is 62.9 Å². The van der Waals surface area contributed by atoms with E-state index >= 15 is 0 Å². The van der Waals surface area contributed by atoms with Gasteiger partial charge in [0.15, 0.2) is 0 Å². The van der Waals surface area contributed by atoms with E-state index in [9.17, 15) is 0 Å². The molecule has 0 spiro atoms. The molecule has 0 atom stereocenters. The molecule has 0 fully saturated rings. The van der Waals surface area contributed by atoms with Gasteiger partial charge in [-0.25, -0.2) is 0 Å². The van der Waals surface area contributed by atoms with E-state index in [2.05, 4.69) is 141 Å². The molecule has 0 aliphatic rings. The summed E-state index contributed by atoms with van der Waals surface area (Å²) in [5.41, 5.74) is 11.0. The number of benzene rings is 4. The quantitative estimate of drug-likeness (QED) is 0.113. The van der Waals surface area contributed by atoms with Gasteiger partial charge in [0.2, 0.25) is 0 Å². The Morgan fingerprint density at radius 3 is 2.10 bits per heavy atom. The molecule has 0 saturated carbocycles. The third-order valence-corrected chi connectivity index (χ3v) is 13.0. The monoisotopic (exact) mass is 897 g/mol. The van der Waals surface area contributed by atoms with Crippen molar-refractivity contribution < 1.29 is 24.5 Å². The first-order chi connectivity index (χ1) is 23.5. The van der Waals surface area contributed by atoms with Crippen LogP contribution < -0.4 is 4.40 Å². The summed E-state index contributed by atoms with van der Waals surface area (Å²) < 4.78 is 7.67. The van der Waals surface area contributed by atoms with Crippen LogP contribution in [0.1, 0.15) is 38.8 Å². The Kier molecular flexibility index (Phi) is 12.3. The van der Waals surface area contributed by atoms with Crippen molar-refractivity contribution in [3.05, 3.63) is 139 Å². The second kappa shape index (κ2) is 16.5. The van der Waals surface area contributed by atoms with Gasteiger partial charge < -0.3 is 9.40 Å². The minimum absolute atomic E-state index is 0. The fraction of sp³-hybridized carbons (Fsp3) is 0.244. The van der Waals surface area contributed by atoms with E-state index in [4.69, 9.17) is 9.40 Å². The zero-order valence-electron chi connectivity index (χ0n) is 30.2. The molecule has 4 aromatic carbocycles.